The number of nitrogens with two attached hydrogens (primary N) is 1. The van der Waals surface area contributed by atoms with Gasteiger partial charge in [-0.1, -0.05) is 30.3 Å². The second-order valence-electron chi connectivity index (χ2n) is 4.37. The van der Waals surface area contributed by atoms with Gasteiger partial charge in [0.15, 0.2) is 0 Å². The molecule has 21 heavy (non-hydrogen) atoms. The summed E-state index contributed by atoms with van der Waals surface area (Å²) >= 11 is 0. The molecule has 0 radical (unpaired) electrons. The molecule has 0 heterocycles. The second kappa shape index (κ2) is 6.38. The lowest BCUT2D eigenvalue weighted by molar-refractivity contribution is 0.251. The zero-order chi connectivity index (χ0) is 15.3. The van der Waals surface area contributed by atoms with Crippen LogP contribution in [0.4, 0.5) is 10.5 Å². The number of nitrogens with one attached hydrogen (secondary N) is 2. The number of urea groups is 1. The number of para-hydroxylation sites is 1. The molecule has 0 unspecified atom stereocenters. The number of anilines is 1. The first-order valence-corrected chi connectivity index (χ1v) is 7.71. The average Bonchev–Trinajstić information content (AvgIpc) is 2.46. The highest BCUT2D eigenvalue weighted by Gasteiger charge is 2.08. The third-order valence-electron chi connectivity index (χ3n) is 2.71. The zero-order valence-electron chi connectivity index (χ0n) is 11.1. The lowest BCUT2D eigenvalue weighted by Gasteiger charge is -2.08. The second-order valence-corrected chi connectivity index (χ2v) is 5.93. The summed E-state index contributed by atoms with van der Waals surface area (Å²) in [5.74, 6) is 0. The Kier molecular flexibility index (Phi) is 4.56. The molecule has 0 spiro atoms. The van der Waals surface area contributed by atoms with E-state index in [1.165, 1.54) is 12.1 Å². The summed E-state index contributed by atoms with van der Waals surface area (Å²) in [4.78, 5) is 11.7. The largest absolute Gasteiger partial charge is 0.334 e. The van der Waals surface area contributed by atoms with Gasteiger partial charge in [0.05, 0.1) is 4.90 Å². The van der Waals surface area contributed by atoms with Gasteiger partial charge in [0.1, 0.15) is 0 Å². The van der Waals surface area contributed by atoms with E-state index in [0.717, 1.165) is 0 Å². The van der Waals surface area contributed by atoms with Crippen molar-refractivity contribution in [2.24, 2.45) is 5.14 Å². The van der Waals surface area contributed by atoms with Crippen molar-refractivity contribution in [3.8, 4) is 0 Å². The van der Waals surface area contributed by atoms with Crippen LogP contribution in [0, 0.1) is 0 Å². The lowest BCUT2D eigenvalue weighted by atomic mass is 10.2. The van der Waals surface area contributed by atoms with Gasteiger partial charge in [-0.05, 0) is 29.8 Å². The van der Waals surface area contributed by atoms with E-state index in [9.17, 15) is 13.2 Å². The zero-order valence-corrected chi connectivity index (χ0v) is 11.9. The van der Waals surface area contributed by atoms with Gasteiger partial charge >= 0.3 is 6.03 Å². The molecule has 2 amide bonds. The average molecular weight is 305 g/mol. The molecule has 2 aromatic rings. The van der Waals surface area contributed by atoms with Gasteiger partial charge in [-0.15, -0.1) is 0 Å². The van der Waals surface area contributed by atoms with Gasteiger partial charge in [-0.3, -0.25) is 0 Å². The van der Waals surface area contributed by atoms with Crippen LogP contribution >= 0.6 is 0 Å². The monoisotopic (exact) mass is 305 g/mol. The van der Waals surface area contributed by atoms with E-state index in [4.69, 9.17) is 5.14 Å². The molecule has 0 aliphatic heterocycles. The van der Waals surface area contributed by atoms with Crippen LogP contribution in [0.3, 0.4) is 0 Å². The number of sulfonamides is 1. The van der Waals surface area contributed by atoms with Crippen LogP contribution in [-0.4, -0.2) is 14.4 Å². The molecule has 0 atom stereocenters. The minimum absolute atomic E-state index is 0.0188. The molecule has 0 bridgehead atoms. The van der Waals surface area contributed by atoms with Crippen LogP contribution < -0.4 is 15.8 Å². The number of hydrogen-bond donors (Lipinski definition) is 3. The fourth-order valence-corrected chi connectivity index (χ4v) is 2.30. The van der Waals surface area contributed by atoms with Crippen LogP contribution in [0.15, 0.2) is 59.5 Å². The third-order valence-corrected chi connectivity index (χ3v) is 3.62. The van der Waals surface area contributed by atoms with E-state index in [0.29, 0.717) is 11.3 Å². The van der Waals surface area contributed by atoms with E-state index in [1.54, 1.807) is 24.3 Å². The Hall–Kier alpha value is -2.38. The highest BCUT2D eigenvalue weighted by molar-refractivity contribution is 7.89. The van der Waals surface area contributed by atoms with Gasteiger partial charge in [0, 0.05) is 12.2 Å². The molecule has 6 nitrogen and oxygen atoms in total. The Bertz CT molecular complexity index is 730. The highest BCUT2D eigenvalue weighted by atomic mass is 32.2. The minimum atomic E-state index is -3.74. The number of benzene rings is 2. The SMILES string of the molecule is NS(=O)(=O)c1cccc(CNC(=O)Nc2ccccc2)c1. The van der Waals surface area contributed by atoms with Gasteiger partial charge in [-0.25, -0.2) is 18.4 Å². The third kappa shape index (κ3) is 4.59. The van der Waals surface area contributed by atoms with Crippen molar-refractivity contribution < 1.29 is 13.2 Å². The van der Waals surface area contributed by atoms with Gasteiger partial charge in [-0.2, -0.15) is 0 Å². The topological polar surface area (TPSA) is 101 Å². The van der Waals surface area contributed by atoms with E-state index >= 15 is 0 Å². The number of rotatable bonds is 4. The van der Waals surface area contributed by atoms with Crippen molar-refractivity contribution in [2.45, 2.75) is 11.4 Å². The van der Waals surface area contributed by atoms with E-state index in [1.807, 2.05) is 18.2 Å². The molecule has 0 aliphatic rings. The predicted octanol–water partition coefficient (Wildman–Crippen LogP) is 1.66. The first kappa shape index (κ1) is 15.0. The van der Waals surface area contributed by atoms with Crippen LogP contribution in [0.5, 0.6) is 0 Å². The number of carbonyl (C=O) groups is 1. The molecular formula is C14H15N3O3S. The quantitative estimate of drug-likeness (QED) is 0.800. The van der Waals surface area contributed by atoms with Crippen molar-refractivity contribution in [1.29, 1.82) is 0 Å². The smallest absolute Gasteiger partial charge is 0.319 e. The first-order chi connectivity index (χ1) is 9.95. The van der Waals surface area contributed by atoms with Crippen LogP contribution in [-0.2, 0) is 16.6 Å². The summed E-state index contributed by atoms with van der Waals surface area (Å²) in [7, 11) is -3.74. The highest BCUT2D eigenvalue weighted by Crippen LogP contribution is 2.10. The first-order valence-electron chi connectivity index (χ1n) is 6.17. The number of amides is 2. The maximum atomic E-state index is 11.7. The standard InChI is InChI=1S/C14H15N3O3S/c15-21(19,20)13-8-4-5-11(9-13)10-16-14(18)17-12-6-2-1-3-7-12/h1-9H,10H2,(H2,15,19,20)(H2,16,17,18). The maximum absolute atomic E-state index is 11.7. The summed E-state index contributed by atoms with van der Waals surface area (Å²) < 4.78 is 22.5. The fraction of sp³-hybridized carbons (Fsp3) is 0.0714. The number of hydrogen-bond acceptors (Lipinski definition) is 3. The van der Waals surface area contributed by atoms with E-state index in [2.05, 4.69) is 10.6 Å². The molecule has 2 rings (SSSR count). The molecular weight excluding hydrogens is 290 g/mol. The lowest BCUT2D eigenvalue weighted by Crippen LogP contribution is -2.28. The van der Waals surface area contributed by atoms with Crippen molar-refractivity contribution >= 4 is 21.7 Å². The predicted molar refractivity (Wildman–Crippen MR) is 80.1 cm³/mol. The Morgan fingerprint density at radius 2 is 1.76 bits per heavy atom. The van der Waals surface area contributed by atoms with Gasteiger partial charge in [0.2, 0.25) is 10.0 Å². The van der Waals surface area contributed by atoms with Gasteiger partial charge < -0.3 is 10.6 Å². The molecule has 0 fully saturated rings. The number of primary sulfonamides is 1. The van der Waals surface area contributed by atoms with Crippen molar-refractivity contribution in [1.82, 2.24) is 5.32 Å². The molecule has 0 saturated heterocycles. The Morgan fingerprint density at radius 3 is 2.43 bits per heavy atom. The summed E-state index contributed by atoms with van der Waals surface area (Å²) in [5.41, 5.74) is 1.32. The normalized spacial score (nSPS) is 10.9. The fourth-order valence-electron chi connectivity index (χ4n) is 1.71. The molecule has 0 saturated carbocycles. The molecule has 2 aromatic carbocycles. The maximum Gasteiger partial charge on any atom is 0.319 e. The Labute approximate surface area is 123 Å². The summed E-state index contributed by atoms with van der Waals surface area (Å²) in [5, 5.41) is 10.4. The van der Waals surface area contributed by atoms with E-state index < -0.39 is 10.0 Å². The number of carbonyl (C=O) groups excluding carboxylic acids is 1. The van der Waals surface area contributed by atoms with Crippen LogP contribution in [0.1, 0.15) is 5.56 Å². The molecule has 0 aromatic heterocycles. The van der Waals surface area contributed by atoms with E-state index in [-0.39, 0.29) is 17.5 Å². The van der Waals surface area contributed by atoms with Crippen molar-refractivity contribution in [3.05, 3.63) is 60.2 Å². The molecule has 110 valence electrons. The Morgan fingerprint density at radius 1 is 1.05 bits per heavy atom. The Balaban J connectivity index is 1.96. The van der Waals surface area contributed by atoms with Gasteiger partial charge in [0.25, 0.3) is 0 Å². The van der Waals surface area contributed by atoms with Crippen molar-refractivity contribution in [3.63, 3.8) is 0 Å². The molecule has 7 heteroatoms. The molecule has 0 aliphatic carbocycles. The van der Waals surface area contributed by atoms with Crippen LogP contribution in [0.2, 0.25) is 0 Å². The van der Waals surface area contributed by atoms with Crippen molar-refractivity contribution in [2.75, 3.05) is 5.32 Å². The minimum Gasteiger partial charge on any atom is -0.334 e. The molecule has 4 N–H and O–H groups in total. The summed E-state index contributed by atoms with van der Waals surface area (Å²) in [6, 6.07) is 14.7. The van der Waals surface area contributed by atoms with Crippen LogP contribution in [0.25, 0.3) is 0 Å². The summed E-state index contributed by atoms with van der Waals surface area (Å²) in [6.07, 6.45) is 0. The summed E-state index contributed by atoms with van der Waals surface area (Å²) in [6.45, 7) is 0.196.